The third-order valence-electron chi connectivity index (χ3n) is 3.22. The minimum absolute atomic E-state index is 0.318. The highest BCUT2D eigenvalue weighted by Crippen LogP contribution is 2.35. The van der Waals surface area contributed by atoms with Crippen molar-refractivity contribution >= 4 is 0 Å². The summed E-state index contributed by atoms with van der Waals surface area (Å²) in [4.78, 5) is 0. The number of rotatable bonds is 4. The zero-order chi connectivity index (χ0) is 11.5. The third-order valence-corrected chi connectivity index (χ3v) is 3.22. The third kappa shape index (κ3) is 3.46. The van der Waals surface area contributed by atoms with Gasteiger partial charge in [-0.1, -0.05) is 27.7 Å². The first-order valence-corrected chi connectivity index (χ1v) is 6.28. The molecule has 2 atom stereocenters. The average Bonchev–Trinajstić information content (AvgIpc) is 2.14. The van der Waals surface area contributed by atoms with E-state index < -0.39 is 0 Å². The molecule has 0 saturated carbocycles. The van der Waals surface area contributed by atoms with Crippen molar-refractivity contribution < 1.29 is 9.47 Å². The summed E-state index contributed by atoms with van der Waals surface area (Å²) in [5.74, 6) is 0.825. The van der Waals surface area contributed by atoms with Crippen LogP contribution in [0.5, 0.6) is 0 Å². The van der Waals surface area contributed by atoms with Crippen molar-refractivity contribution in [1.29, 1.82) is 0 Å². The molecule has 0 N–H and O–H groups in total. The fourth-order valence-electron chi connectivity index (χ4n) is 2.04. The van der Waals surface area contributed by atoms with Gasteiger partial charge in [0.15, 0.2) is 5.79 Å². The van der Waals surface area contributed by atoms with E-state index in [1.54, 1.807) is 0 Å². The minimum Gasteiger partial charge on any atom is -0.350 e. The highest BCUT2D eigenvalue weighted by Gasteiger charge is 2.39. The van der Waals surface area contributed by atoms with Crippen molar-refractivity contribution in [3.63, 3.8) is 0 Å². The Bertz CT molecular complexity index is 189. The molecule has 0 aromatic carbocycles. The van der Waals surface area contributed by atoms with Gasteiger partial charge in [-0.2, -0.15) is 0 Å². The fraction of sp³-hybridized carbons (Fsp3) is 1.00. The molecule has 0 bridgehead atoms. The Balaban J connectivity index is 2.60. The summed E-state index contributed by atoms with van der Waals surface area (Å²) in [5.41, 5.74) is 0. The van der Waals surface area contributed by atoms with E-state index in [-0.39, 0.29) is 5.79 Å². The zero-order valence-corrected chi connectivity index (χ0v) is 10.9. The highest BCUT2D eigenvalue weighted by atomic mass is 16.7. The lowest BCUT2D eigenvalue weighted by Crippen LogP contribution is -2.48. The summed E-state index contributed by atoms with van der Waals surface area (Å²) in [6, 6.07) is 0. The maximum atomic E-state index is 6.06. The van der Waals surface area contributed by atoms with Crippen molar-refractivity contribution in [2.24, 2.45) is 11.8 Å². The summed E-state index contributed by atoms with van der Waals surface area (Å²) in [7, 11) is 0. The van der Waals surface area contributed by atoms with E-state index in [1.165, 1.54) is 6.42 Å². The van der Waals surface area contributed by atoms with Gasteiger partial charge < -0.3 is 9.47 Å². The smallest absolute Gasteiger partial charge is 0.170 e. The predicted molar refractivity (Wildman–Crippen MR) is 62.8 cm³/mol. The molecule has 15 heavy (non-hydrogen) atoms. The van der Waals surface area contributed by atoms with Crippen LogP contribution in [0.1, 0.15) is 53.9 Å². The monoisotopic (exact) mass is 214 g/mol. The SMILES string of the molecule is CC(C)CCC1(C(C)C)OCCC(C)O1. The van der Waals surface area contributed by atoms with Crippen LogP contribution in [0, 0.1) is 11.8 Å². The van der Waals surface area contributed by atoms with Crippen molar-refractivity contribution in [2.45, 2.75) is 65.8 Å². The van der Waals surface area contributed by atoms with E-state index in [0.29, 0.717) is 17.9 Å². The van der Waals surface area contributed by atoms with Gasteiger partial charge in [-0.3, -0.25) is 0 Å². The predicted octanol–water partition coefficient (Wildman–Crippen LogP) is 3.60. The Morgan fingerprint density at radius 1 is 1.27 bits per heavy atom. The molecule has 0 radical (unpaired) electrons. The number of hydrogen-bond acceptors (Lipinski definition) is 2. The van der Waals surface area contributed by atoms with E-state index in [0.717, 1.165) is 19.4 Å². The Kier molecular flexibility index (Phi) is 4.60. The molecule has 1 saturated heterocycles. The first-order chi connectivity index (χ1) is 6.96. The summed E-state index contributed by atoms with van der Waals surface area (Å²) in [6.07, 6.45) is 3.56. The molecule has 90 valence electrons. The molecule has 1 aliphatic rings. The van der Waals surface area contributed by atoms with Crippen LogP contribution in [0.4, 0.5) is 0 Å². The van der Waals surface area contributed by atoms with E-state index in [2.05, 4.69) is 34.6 Å². The van der Waals surface area contributed by atoms with Gasteiger partial charge in [0, 0.05) is 12.3 Å². The van der Waals surface area contributed by atoms with Gasteiger partial charge in [-0.25, -0.2) is 0 Å². The van der Waals surface area contributed by atoms with E-state index in [1.807, 2.05) is 0 Å². The van der Waals surface area contributed by atoms with Gasteiger partial charge in [0.2, 0.25) is 0 Å². The molecular formula is C13H26O2. The summed E-state index contributed by atoms with van der Waals surface area (Å²) in [5, 5.41) is 0. The molecule has 1 rings (SSSR count). The molecule has 0 aliphatic carbocycles. The van der Waals surface area contributed by atoms with E-state index in [4.69, 9.17) is 9.47 Å². The average molecular weight is 214 g/mol. The fourth-order valence-corrected chi connectivity index (χ4v) is 2.04. The molecule has 0 aromatic heterocycles. The maximum Gasteiger partial charge on any atom is 0.170 e. The molecule has 1 heterocycles. The highest BCUT2D eigenvalue weighted by molar-refractivity contribution is 4.79. The lowest BCUT2D eigenvalue weighted by Gasteiger charge is -2.43. The van der Waals surface area contributed by atoms with Crippen molar-refractivity contribution in [1.82, 2.24) is 0 Å². The molecule has 1 fully saturated rings. The topological polar surface area (TPSA) is 18.5 Å². The maximum absolute atomic E-state index is 6.06. The van der Waals surface area contributed by atoms with Crippen LogP contribution in [-0.2, 0) is 9.47 Å². The number of ether oxygens (including phenoxy) is 2. The first-order valence-electron chi connectivity index (χ1n) is 6.28. The van der Waals surface area contributed by atoms with Crippen LogP contribution in [0.3, 0.4) is 0 Å². The normalized spacial score (nSPS) is 32.6. The van der Waals surface area contributed by atoms with Gasteiger partial charge in [0.25, 0.3) is 0 Å². The van der Waals surface area contributed by atoms with E-state index in [9.17, 15) is 0 Å². The number of hydrogen-bond donors (Lipinski definition) is 0. The van der Waals surface area contributed by atoms with Gasteiger partial charge in [-0.05, 0) is 25.7 Å². The standard InChI is InChI=1S/C13H26O2/c1-10(2)6-8-13(11(3)4)14-9-7-12(5)15-13/h10-12H,6-9H2,1-5H3. The quantitative estimate of drug-likeness (QED) is 0.712. The van der Waals surface area contributed by atoms with Crippen LogP contribution in [0.2, 0.25) is 0 Å². The van der Waals surface area contributed by atoms with E-state index >= 15 is 0 Å². The Labute approximate surface area is 94.3 Å². The Morgan fingerprint density at radius 2 is 1.93 bits per heavy atom. The molecule has 0 aromatic rings. The molecule has 0 spiro atoms. The molecule has 0 amide bonds. The van der Waals surface area contributed by atoms with Crippen LogP contribution in [0.15, 0.2) is 0 Å². The molecule has 2 heteroatoms. The summed E-state index contributed by atoms with van der Waals surface area (Å²) in [6.45, 7) is 11.9. The Hall–Kier alpha value is -0.0800. The molecule has 2 unspecified atom stereocenters. The molecule has 1 aliphatic heterocycles. The second kappa shape index (κ2) is 5.31. The first kappa shape index (κ1) is 13.0. The van der Waals surface area contributed by atoms with Gasteiger partial charge in [-0.15, -0.1) is 0 Å². The lowest BCUT2D eigenvalue weighted by molar-refractivity contribution is -0.314. The van der Waals surface area contributed by atoms with Gasteiger partial charge in [0.05, 0.1) is 12.7 Å². The summed E-state index contributed by atoms with van der Waals surface area (Å²) >= 11 is 0. The minimum atomic E-state index is -0.318. The van der Waals surface area contributed by atoms with Crippen LogP contribution < -0.4 is 0 Å². The lowest BCUT2D eigenvalue weighted by atomic mass is 9.92. The van der Waals surface area contributed by atoms with Gasteiger partial charge >= 0.3 is 0 Å². The summed E-state index contributed by atoms with van der Waals surface area (Å²) < 4.78 is 12.0. The Morgan fingerprint density at radius 3 is 2.40 bits per heavy atom. The largest absolute Gasteiger partial charge is 0.350 e. The molecular weight excluding hydrogens is 188 g/mol. The second-order valence-corrected chi connectivity index (χ2v) is 5.46. The van der Waals surface area contributed by atoms with Crippen LogP contribution in [0.25, 0.3) is 0 Å². The second-order valence-electron chi connectivity index (χ2n) is 5.46. The molecule has 2 nitrogen and oxygen atoms in total. The van der Waals surface area contributed by atoms with Crippen molar-refractivity contribution in [3.05, 3.63) is 0 Å². The van der Waals surface area contributed by atoms with Gasteiger partial charge in [0.1, 0.15) is 0 Å². The van der Waals surface area contributed by atoms with Crippen molar-refractivity contribution in [3.8, 4) is 0 Å². The zero-order valence-electron chi connectivity index (χ0n) is 10.9. The van der Waals surface area contributed by atoms with Crippen LogP contribution in [-0.4, -0.2) is 18.5 Å². The van der Waals surface area contributed by atoms with Crippen molar-refractivity contribution in [2.75, 3.05) is 6.61 Å². The van der Waals surface area contributed by atoms with Crippen LogP contribution >= 0.6 is 0 Å².